The molecule has 0 N–H and O–H groups in total. The highest BCUT2D eigenvalue weighted by Crippen LogP contribution is 2.29. The highest BCUT2D eigenvalue weighted by molar-refractivity contribution is 7.75. The molecule has 2 unspecified atom stereocenters. The molecule has 2 aliphatic rings. The molecule has 2 heterocycles. The summed E-state index contributed by atoms with van der Waals surface area (Å²) in [5, 5.41) is 0. The molecule has 3 atom stereocenters. The average molecular weight is 357 g/mol. The topological polar surface area (TPSA) is 72.9 Å². The van der Waals surface area contributed by atoms with Crippen LogP contribution in [0.5, 0.6) is 0 Å². The Morgan fingerprint density at radius 2 is 1.60 bits per heavy atom. The first-order chi connectivity index (χ1) is 12.1. The van der Waals surface area contributed by atoms with Crippen LogP contribution in [-0.4, -0.2) is 39.7 Å². The van der Waals surface area contributed by atoms with Gasteiger partial charge in [-0.25, -0.2) is 0 Å². The molecule has 0 saturated carbocycles. The van der Waals surface area contributed by atoms with Crippen LogP contribution < -0.4 is 0 Å². The summed E-state index contributed by atoms with van der Waals surface area (Å²) < 4.78 is 21.8. The molecule has 0 aromatic heterocycles. The largest absolute Gasteiger partial charge is 0.305 e. The quantitative estimate of drug-likeness (QED) is 0.782. The van der Waals surface area contributed by atoms with Crippen LogP contribution in [0.2, 0.25) is 0 Å². The van der Waals surface area contributed by atoms with E-state index in [1.54, 1.807) is 24.3 Å². The Balaban J connectivity index is 1.70. The first-order valence-electron chi connectivity index (χ1n) is 7.88. The fourth-order valence-electron chi connectivity index (χ4n) is 3.21. The molecule has 0 aliphatic carbocycles. The van der Waals surface area contributed by atoms with E-state index in [0.29, 0.717) is 17.5 Å². The van der Waals surface area contributed by atoms with Gasteiger partial charge in [0.25, 0.3) is 11.8 Å². The van der Waals surface area contributed by atoms with Crippen molar-refractivity contribution in [1.29, 1.82) is 0 Å². The number of fused-ring (bicyclic) bond motifs is 1. The third kappa shape index (κ3) is 2.90. The predicted molar refractivity (Wildman–Crippen MR) is 89.8 cm³/mol. The highest BCUT2D eigenvalue weighted by Gasteiger charge is 2.45. The lowest BCUT2D eigenvalue weighted by molar-refractivity contribution is 0.0437. The molecular formula is C18H15NO5S. The molecule has 6 nitrogen and oxygen atoms in total. The van der Waals surface area contributed by atoms with Crippen molar-refractivity contribution in [1.82, 2.24) is 4.90 Å². The van der Waals surface area contributed by atoms with Gasteiger partial charge in [0, 0.05) is 0 Å². The van der Waals surface area contributed by atoms with Crippen molar-refractivity contribution in [2.45, 2.75) is 18.6 Å². The SMILES string of the molecule is O=C1c2ccccc2C(=O)N1[C@@H](Cc1ccccc1)C1COS(=O)O1. The number of carbonyl (C=O) groups is 2. The normalized spacial score (nSPS) is 23.8. The van der Waals surface area contributed by atoms with E-state index in [2.05, 4.69) is 0 Å². The van der Waals surface area contributed by atoms with E-state index in [0.717, 1.165) is 5.56 Å². The van der Waals surface area contributed by atoms with Gasteiger partial charge in [0.1, 0.15) is 6.10 Å². The van der Waals surface area contributed by atoms with Crippen LogP contribution in [0, 0.1) is 0 Å². The van der Waals surface area contributed by atoms with Crippen molar-refractivity contribution in [2.24, 2.45) is 0 Å². The first kappa shape index (κ1) is 16.1. The van der Waals surface area contributed by atoms with Gasteiger partial charge in [-0.1, -0.05) is 42.5 Å². The number of hydrogen-bond acceptors (Lipinski definition) is 5. The van der Waals surface area contributed by atoms with E-state index in [1.165, 1.54) is 4.90 Å². The smallest absolute Gasteiger partial charge is 0.269 e. The van der Waals surface area contributed by atoms with Crippen molar-refractivity contribution < 1.29 is 22.2 Å². The van der Waals surface area contributed by atoms with E-state index < -0.39 is 23.5 Å². The summed E-state index contributed by atoms with van der Waals surface area (Å²) in [7, 11) is 0. The van der Waals surface area contributed by atoms with Crippen molar-refractivity contribution in [2.75, 3.05) is 6.61 Å². The summed E-state index contributed by atoms with van der Waals surface area (Å²) in [6, 6.07) is 15.6. The van der Waals surface area contributed by atoms with Crippen molar-refractivity contribution in [3.05, 3.63) is 71.3 Å². The minimum absolute atomic E-state index is 0.0670. The van der Waals surface area contributed by atoms with E-state index in [-0.39, 0.29) is 18.4 Å². The minimum Gasteiger partial charge on any atom is -0.269 e. The molecule has 0 spiro atoms. The van der Waals surface area contributed by atoms with Crippen molar-refractivity contribution in [3.8, 4) is 0 Å². The van der Waals surface area contributed by atoms with Gasteiger partial charge < -0.3 is 0 Å². The van der Waals surface area contributed by atoms with Crippen molar-refractivity contribution >= 4 is 23.2 Å². The molecule has 1 fully saturated rings. The van der Waals surface area contributed by atoms with Crippen LogP contribution in [0.25, 0.3) is 0 Å². The second kappa shape index (κ2) is 6.51. The molecule has 7 heteroatoms. The summed E-state index contributed by atoms with van der Waals surface area (Å²) in [5.74, 6) is -0.717. The van der Waals surface area contributed by atoms with Crippen LogP contribution in [-0.2, 0) is 26.1 Å². The molecule has 2 aliphatic heterocycles. The Labute approximate surface area is 147 Å². The summed E-state index contributed by atoms with van der Waals surface area (Å²) in [6.07, 6.45) is -0.236. The average Bonchev–Trinajstić information content (AvgIpc) is 3.17. The Kier molecular flexibility index (Phi) is 4.20. The number of hydrogen-bond donors (Lipinski definition) is 0. The van der Waals surface area contributed by atoms with E-state index >= 15 is 0 Å². The second-order valence-electron chi connectivity index (χ2n) is 5.91. The standard InChI is InChI=1S/C18H15NO5S/c20-17-13-8-4-5-9-14(13)18(21)19(17)15(16-11-23-25(22)24-16)10-12-6-2-1-3-7-12/h1-9,15-16H,10-11H2/t15-,16?,25?/m0/s1. The summed E-state index contributed by atoms with van der Waals surface area (Å²) in [5.41, 5.74) is 1.71. The van der Waals surface area contributed by atoms with Gasteiger partial charge >= 0.3 is 11.4 Å². The fraction of sp³-hybridized carbons (Fsp3) is 0.222. The fourth-order valence-corrected chi connectivity index (χ4v) is 3.89. The molecule has 0 bridgehead atoms. The number of benzene rings is 2. The van der Waals surface area contributed by atoms with Gasteiger partial charge in [0.15, 0.2) is 0 Å². The van der Waals surface area contributed by atoms with E-state index in [1.807, 2.05) is 30.3 Å². The number of carbonyl (C=O) groups excluding carboxylic acids is 2. The summed E-state index contributed by atoms with van der Waals surface area (Å²) in [4.78, 5) is 26.8. The van der Waals surface area contributed by atoms with E-state index in [4.69, 9.17) is 8.37 Å². The molecule has 2 amide bonds. The number of amides is 2. The van der Waals surface area contributed by atoms with Crippen LogP contribution in [0.15, 0.2) is 54.6 Å². The monoisotopic (exact) mass is 357 g/mol. The molecule has 4 rings (SSSR count). The molecular weight excluding hydrogens is 342 g/mol. The highest BCUT2D eigenvalue weighted by atomic mass is 32.2. The lowest BCUT2D eigenvalue weighted by Gasteiger charge is -2.29. The Morgan fingerprint density at radius 1 is 1.00 bits per heavy atom. The maximum atomic E-state index is 12.8. The third-order valence-electron chi connectivity index (χ3n) is 4.40. The maximum absolute atomic E-state index is 12.8. The number of rotatable bonds is 4. The van der Waals surface area contributed by atoms with Gasteiger partial charge in [0.2, 0.25) is 0 Å². The van der Waals surface area contributed by atoms with Gasteiger partial charge in [-0.15, -0.1) is 0 Å². The van der Waals surface area contributed by atoms with Gasteiger partial charge in [-0.2, -0.15) is 4.21 Å². The van der Waals surface area contributed by atoms with Gasteiger partial charge in [-0.05, 0) is 24.1 Å². The minimum atomic E-state index is -1.85. The first-order valence-corrected chi connectivity index (χ1v) is 8.88. The predicted octanol–water partition coefficient (Wildman–Crippen LogP) is 1.89. The molecule has 25 heavy (non-hydrogen) atoms. The molecule has 1 saturated heterocycles. The van der Waals surface area contributed by atoms with Crippen LogP contribution >= 0.6 is 0 Å². The lowest BCUT2D eigenvalue weighted by Crippen LogP contribution is -2.49. The molecule has 2 aromatic carbocycles. The van der Waals surface area contributed by atoms with Crippen LogP contribution in [0.3, 0.4) is 0 Å². The Bertz CT molecular complexity index is 819. The van der Waals surface area contributed by atoms with Gasteiger partial charge in [0.05, 0.1) is 23.8 Å². The zero-order chi connectivity index (χ0) is 17.4. The number of imide groups is 1. The second-order valence-corrected chi connectivity index (χ2v) is 6.74. The number of nitrogens with zero attached hydrogens (tertiary/aromatic N) is 1. The van der Waals surface area contributed by atoms with Crippen molar-refractivity contribution in [3.63, 3.8) is 0 Å². The zero-order valence-corrected chi connectivity index (χ0v) is 14.0. The zero-order valence-electron chi connectivity index (χ0n) is 13.2. The molecule has 0 radical (unpaired) electrons. The molecule has 2 aromatic rings. The summed E-state index contributed by atoms with van der Waals surface area (Å²) in [6.45, 7) is 0.0670. The Morgan fingerprint density at radius 3 is 2.16 bits per heavy atom. The van der Waals surface area contributed by atoms with Crippen LogP contribution in [0.1, 0.15) is 26.3 Å². The summed E-state index contributed by atoms with van der Waals surface area (Å²) >= 11 is -1.85. The lowest BCUT2D eigenvalue weighted by atomic mass is 10.00. The van der Waals surface area contributed by atoms with Gasteiger partial charge in [-0.3, -0.25) is 22.9 Å². The third-order valence-corrected chi connectivity index (χ3v) is 5.14. The maximum Gasteiger partial charge on any atom is 0.305 e. The van der Waals surface area contributed by atoms with E-state index in [9.17, 15) is 13.8 Å². The Hall–Kier alpha value is -2.35. The van der Waals surface area contributed by atoms with Crippen LogP contribution in [0.4, 0.5) is 0 Å². The molecule has 128 valence electrons.